The molecule has 0 radical (unpaired) electrons. The van der Waals surface area contributed by atoms with Crippen LogP contribution in [0.5, 0.6) is 0 Å². The third-order valence-electron chi connectivity index (χ3n) is 2.73. The van der Waals surface area contributed by atoms with E-state index in [1.165, 1.54) is 6.07 Å². The lowest BCUT2D eigenvalue weighted by Gasteiger charge is -2.14. The number of alkyl halides is 4. The molecular formula is C14H10BrClF3N. The predicted molar refractivity (Wildman–Crippen MR) is 78.4 cm³/mol. The van der Waals surface area contributed by atoms with Gasteiger partial charge in [0, 0.05) is 16.0 Å². The first-order valence-corrected chi connectivity index (χ1v) is 7.02. The lowest BCUT2D eigenvalue weighted by molar-refractivity contribution is -0.137. The van der Waals surface area contributed by atoms with Gasteiger partial charge in [-0.3, -0.25) is 0 Å². The van der Waals surface area contributed by atoms with Crippen LogP contribution in [0.15, 0.2) is 46.9 Å². The lowest BCUT2D eigenvalue weighted by atomic mass is 10.1. The summed E-state index contributed by atoms with van der Waals surface area (Å²) in [7, 11) is 0. The van der Waals surface area contributed by atoms with Crippen LogP contribution in [0.1, 0.15) is 11.1 Å². The van der Waals surface area contributed by atoms with Crippen LogP contribution in [-0.2, 0) is 12.1 Å². The molecule has 6 heteroatoms. The number of nitrogens with one attached hydrogen (secondary N) is 1. The fourth-order valence-electron chi connectivity index (χ4n) is 1.70. The van der Waals surface area contributed by atoms with E-state index in [4.69, 9.17) is 11.6 Å². The van der Waals surface area contributed by atoms with Gasteiger partial charge in [-0.05, 0) is 45.8 Å². The molecule has 0 aliphatic heterocycles. The molecule has 0 atom stereocenters. The van der Waals surface area contributed by atoms with Crippen LogP contribution in [0.4, 0.5) is 24.5 Å². The summed E-state index contributed by atoms with van der Waals surface area (Å²) < 4.78 is 38.1. The fraction of sp³-hybridized carbons (Fsp3) is 0.143. The molecule has 0 saturated carbocycles. The number of halogens is 5. The van der Waals surface area contributed by atoms with E-state index < -0.39 is 11.7 Å². The highest BCUT2D eigenvalue weighted by molar-refractivity contribution is 9.10. The van der Waals surface area contributed by atoms with E-state index in [1.54, 1.807) is 0 Å². The first kappa shape index (κ1) is 15.2. The minimum absolute atomic E-state index is 0.321. The Balaban J connectivity index is 2.31. The first-order valence-electron chi connectivity index (χ1n) is 5.69. The zero-order chi connectivity index (χ0) is 14.8. The molecule has 1 nitrogen and oxygen atoms in total. The summed E-state index contributed by atoms with van der Waals surface area (Å²) in [5.74, 6) is 0.321. The summed E-state index contributed by atoms with van der Waals surface area (Å²) in [5, 5.41) is 3.07. The minimum Gasteiger partial charge on any atom is -0.354 e. The standard InChI is InChI=1S/C14H10BrClF3N/c15-11-7-10(14(17,18)19)5-6-13(11)20-12-4-2-1-3-9(12)8-16/h1-7,20H,8H2. The van der Waals surface area contributed by atoms with Crippen LogP contribution in [0, 0.1) is 0 Å². The van der Waals surface area contributed by atoms with Gasteiger partial charge in [0.15, 0.2) is 0 Å². The van der Waals surface area contributed by atoms with Gasteiger partial charge in [-0.15, -0.1) is 11.6 Å². The quantitative estimate of drug-likeness (QED) is 0.664. The summed E-state index contributed by atoms with van der Waals surface area (Å²) in [5.41, 5.74) is 1.50. The summed E-state index contributed by atoms with van der Waals surface area (Å²) in [6, 6.07) is 10.8. The van der Waals surface area contributed by atoms with Gasteiger partial charge in [-0.1, -0.05) is 18.2 Å². The summed E-state index contributed by atoms with van der Waals surface area (Å²) >= 11 is 8.97. The van der Waals surface area contributed by atoms with Crippen molar-refractivity contribution in [2.75, 3.05) is 5.32 Å². The largest absolute Gasteiger partial charge is 0.416 e. The zero-order valence-electron chi connectivity index (χ0n) is 10.1. The van der Waals surface area contributed by atoms with Crippen LogP contribution in [-0.4, -0.2) is 0 Å². The van der Waals surface area contributed by atoms with Gasteiger partial charge in [0.05, 0.1) is 11.3 Å². The van der Waals surface area contributed by atoms with Gasteiger partial charge in [0.2, 0.25) is 0 Å². The second-order valence-electron chi connectivity index (χ2n) is 4.11. The van der Waals surface area contributed by atoms with Crippen molar-refractivity contribution >= 4 is 38.9 Å². The van der Waals surface area contributed by atoms with Gasteiger partial charge >= 0.3 is 6.18 Å². The van der Waals surface area contributed by atoms with Crippen molar-refractivity contribution in [2.24, 2.45) is 0 Å². The molecule has 106 valence electrons. The van der Waals surface area contributed by atoms with Crippen LogP contribution in [0.3, 0.4) is 0 Å². The summed E-state index contributed by atoms with van der Waals surface area (Å²) in [6.45, 7) is 0. The smallest absolute Gasteiger partial charge is 0.354 e. The van der Waals surface area contributed by atoms with Crippen molar-refractivity contribution in [2.45, 2.75) is 12.1 Å². The third-order valence-corrected chi connectivity index (χ3v) is 3.67. The maximum absolute atomic E-state index is 12.6. The molecule has 0 heterocycles. The Bertz CT molecular complexity index is 614. The van der Waals surface area contributed by atoms with Crippen LogP contribution in [0.2, 0.25) is 0 Å². The number of anilines is 2. The van der Waals surface area contributed by atoms with Crippen molar-refractivity contribution in [3.8, 4) is 0 Å². The maximum Gasteiger partial charge on any atom is 0.416 e. The van der Waals surface area contributed by atoms with E-state index in [0.717, 1.165) is 23.4 Å². The summed E-state index contributed by atoms with van der Waals surface area (Å²) in [4.78, 5) is 0. The van der Waals surface area contributed by atoms with E-state index in [-0.39, 0.29) is 0 Å². The Kier molecular flexibility index (Phi) is 4.60. The number of para-hydroxylation sites is 1. The minimum atomic E-state index is -4.35. The molecule has 0 saturated heterocycles. The molecule has 0 aromatic heterocycles. The molecule has 20 heavy (non-hydrogen) atoms. The molecule has 0 aliphatic carbocycles. The highest BCUT2D eigenvalue weighted by atomic mass is 79.9. The van der Waals surface area contributed by atoms with Gasteiger partial charge in [0.1, 0.15) is 0 Å². The monoisotopic (exact) mass is 363 g/mol. The van der Waals surface area contributed by atoms with E-state index >= 15 is 0 Å². The Morgan fingerprint density at radius 3 is 2.35 bits per heavy atom. The summed E-state index contributed by atoms with van der Waals surface area (Å²) in [6.07, 6.45) is -4.35. The van der Waals surface area contributed by atoms with Gasteiger partial charge < -0.3 is 5.32 Å². The van der Waals surface area contributed by atoms with Crippen LogP contribution >= 0.6 is 27.5 Å². The van der Waals surface area contributed by atoms with E-state index in [9.17, 15) is 13.2 Å². The highest BCUT2D eigenvalue weighted by Crippen LogP contribution is 2.35. The molecule has 0 bridgehead atoms. The van der Waals surface area contributed by atoms with Gasteiger partial charge in [0.25, 0.3) is 0 Å². The molecule has 2 rings (SSSR count). The molecule has 2 aromatic rings. The second kappa shape index (κ2) is 6.06. The van der Waals surface area contributed by atoms with Gasteiger partial charge in [-0.25, -0.2) is 0 Å². The zero-order valence-corrected chi connectivity index (χ0v) is 12.5. The highest BCUT2D eigenvalue weighted by Gasteiger charge is 2.30. The SMILES string of the molecule is FC(F)(F)c1ccc(Nc2ccccc2CCl)c(Br)c1. The molecule has 0 spiro atoms. The lowest BCUT2D eigenvalue weighted by Crippen LogP contribution is -2.05. The number of hydrogen-bond acceptors (Lipinski definition) is 1. The van der Waals surface area contributed by atoms with E-state index in [0.29, 0.717) is 16.0 Å². The topological polar surface area (TPSA) is 12.0 Å². The number of benzene rings is 2. The molecule has 0 fully saturated rings. The molecule has 0 unspecified atom stereocenters. The van der Waals surface area contributed by atoms with Crippen LogP contribution < -0.4 is 5.32 Å². The van der Waals surface area contributed by atoms with Crippen molar-refractivity contribution in [1.29, 1.82) is 0 Å². The average Bonchev–Trinajstić information content (AvgIpc) is 2.40. The van der Waals surface area contributed by atoms with Crippen molar-refractivity contribution in [1.82, 2.24) is 0 Å². The molecular weight excluding hydrogens is 355 g/mol. The second-order valence-corrected chi connectivity index (χ2v) is 5.23. The Morgan fingerprint density at radius 2 is 1.75 bits per heavy atom. The first-order chi connectivity index (χ1) is 9.41. The number of rotatable bonds is 3. The third kappa shape index (κ3) is 3.46. The Hall–Kier alpha value is -1.20. The molecule has 2 aromatic carbocycles. The Morgan fingerprint density at radius 1 is 1.05 bits per heavy atom. The maximum atomic E-state index is 12.6. The van der Waals surface area contributed by atoms with E-state index in [1.807, 2.05) is 24.3 Å². The van der Waals surface area contributed by atoms with Gasteiger partial charge in [-0.2, -0.15) is 13.2 Å². The molecule has 1 N–H and O–H groups in total. The Labute approximate surface area is 127 Å². The normalized spacial score (nSPS) is 11.4. The van der Waals surface area contributed by atoms with E-state index in [2.05, 4.69) is 21.2 Å². The van der Waals surface area contributed by atoms with Crippen molar-refractivity contribution < 1.29 is 13.2 Å². The fourth-order valence-corrected chi connectivity index (χ4v) is 2.41. The van der Waals surface area contributed by atoms with Crippen molar-refractivity contribution in [3.05, 3.63) is 58.1 Å². The predicted octanol–water partition coefficient (Wildman–Crippen LogP) is 5.95. The van der Waals surface area contributed by atoms with Crippen molar-refractivity contribution in [3.63, 3.8) is 0 Å². The molecule has 0 amide bonds. The molecule has 0 aliphatic rings. The van der Waals surface area contributed by atoms with Crippen LogP contribution in [0.25, 0.3) is 0 Å². The average molecular weight is 365 g/mol. The number of hydrogen-bond donors (Lipinski definition) is 1.